The Bertz CT molecular complexity index is 453. The largest absolute Gasteiger partial charge is 0.355 e. The quantitative estimate of drug-likeness (QED) is 0.889. The molecule has 1 saturated heterocycles. The van der Waals surface area contributed by atoms with Gasteiger partial charge in [0.2, 0.25) is 5.91 Å². The van der Waals surface area contributed by atoms with Crippen molar-refractivity contribution in [1.29, 1.82) is 0 Å². The zero-order chi connectivity index (χ0) is 13.9. The van der Waals surface area contributed by atoms with Crippen LogP contribution in [0, 0.1) is 5.92 Å². The van der Waals surface area contributed by atoms with Gasteiger partial charge in [-0.2, -0.15) is 0 Å². The standard InChI is InChI=1S/C15H21ClN2O/c1-15(2,12-5-3-4-6-13(12)16)10-18-14(19)11-7-8-17-9-11/h3-6,11,17H,7-10H2,1-2H3,(H,18,19). The van der Waals surface area contributed by atoms with Crippen LogP contribution in [-0.2, 0) is 10.2 Å². The third-order valence-corrected chi connectivity index (χ3v) is 4.07. The van der Waals surface area contributed by atoms with Crippen molar-refractivity contribution in [2.75, 3.05) is 19.6 Å². The summed E-state index contributed by atoms with van der Waals surface area (Å²) in [6, 6.07) is 7.81. The molecule has 1 atom stereocenters. The molecule has 1 aliphatic heterocycles. The predicted octanol–water partition coefficient (Wildman–Crippen LogP) is 2.34. The van der Waals surface area contributed by atoms with E-state index in [-0.39, 0.29) is 17.2 Å². The van der Waals surface area contributed by atoms with Gasteiger partial charge in [-0.15, -0.1) is 0 Å². The maximum atomic E-state index is 12.0. The predicted molar refractivity (Wildman–Crippen MR) is 78.5 cm³/mol. The van der Waals surface area contributed by atoms with E-state index in [1.807, 2.05) is 24.3 Å². The van der Waals surface area contributed by atoms with Gasteiger partial charge < -0.3 is 10.6 Å². The highest BCUT2D eigenvalue weighted by atomic mass is 35.5. The molecule has 0 bridgehead atoms. The smallest absolute Gasteiger partial charge is 0.224 e. The maximum Gasteiger partial charge on any atom is 0.224 e. The molecule has 0 radical (unpaired) electrons. The van der Waals surface area contributed by atoms with Crippen molar-refractivity contribution in [2.45, 2.75) is 25.7 Å². The lowest BCUT2D eigenvalue weighted by atomic mass is 9.84. The molecule has 1 aliphatic rings. The summed E-state index contributed by atoms with van der Waals surface area (Å²) >= 11 is 6.23. The average Bonchev–Trinajstić information content (AvgIpc) is 2.90. The molecule has 1 heterocycles. The monoisotopic (exact) mass is 280 g/mol. The number of carbonyl (C=O) groups is 1. The first-order valence-electron chi connectivity index (χ1n) is 6.74. The average molecular weight is 281 g/mol. The van der Waals surface area contributed by atoms with Crippen LogP contribution in [0.4, 0.5) is 0 Å². The van der Waals surface area contributed by atoms with E-state index in [2.05, 4.69) is 24.5 Å². The molecule has 104 valence electrons. The van der Waals surface area contributed by atoms with Gasteiger partial charge in [0.15, 0.2) is 0 Å². The molecule has 2 N–H and O–H groups in total. The number of hydrogen-bond donors (Lipinski definition) is 2. The number of halogens is 1. The second-order valence-electron chi connectivity index (χ2n) is 5.77. The second kappa shape index (κ2) is 5.93. The lowest BCUT2D eigenvalue weighted by molar-refractivity contribution is -0.124. The van der Waals surface area contributed by atoms with Gasteiger partial charge in [-0.3, -0.25) is 4.79 Å². The summed E-state index contributed by atoms with van der Waals surface area (Å²) in [4.78, 5) is 12.0. The Morgan fingerprint density at radius 2 is 2.21 bits per heavy atom. The fourth-order valence-corrected chi connectivity index (χ4v) is 2.83. The van der Waals surface area contributed by atoms with Crippen LogP contribution in [0.3, 0.4) is 0 Å². The van der Waals surface area contributed by atoms with Crippen LogP contribution in [0.2, 0.25) is 5.02 Å². The Hall–Kier alpha value is -1.06. The summed E-state index contributed by atoms with van der Waals surface area (Å²) in [5, 5.41) is 7.02. The molecule has 1 unspecified atom stereocenters. The van der Waals surface area contributed by atoms with Crippen molar-refractivity contribution in [3.8, 4) is 0 Å². The molecule has 1 fully saturated rings. The first kappa shape index (κ1) is 14.4. The van der Waals surface area contributed by atoms with Crippen LogP contribution < -0.4 is 10.6 Å². The molecule has 1 aromatic rings. The van der Waals surface area contributed by atoms with Gasteiger partial charge in [0.05, 0.1) is 5.92 Å². The Morgan fingerprint density at radius 3 is 2.84 bits per heavy atom. The van der Waals surface area contributed by atoms with E-state index in [4.69, 9.17) is 11.6 Å². The van der Waals surface area contributed by atoms with Crippen molar-refractivity contribution in [2.24, 2.45) is 5.92 Å². The molecule has 19 heavy (non-hydrogen) atoms. The third kappa shape index (κ3) is 3.48. The van der Waals surface area contributed by atoms with Crippen LogP contribution in [0.15, 0.2) is 24.3 Å². The number of benzene rings is 1. The van der Waals surface area contributed by atoms with Crippen molar-refractivity contribution in [3.05, 3.63) is 34.9 Å². The molecular formula is C15H21ClN2O. The molecular weight excluding hydrogens is 260 g/mol. The Kier molecular flexibility index (Phi) is 4.48. The van der Waals surface area contributed by atoms with E-state index in [0.717, 1.165) is 30.1 Å². The topological polar surface area (TPSA) is 41.1 Å². The van der Waals surface area contributed by atoms with Crippen molar-refractivity contribution in [3.63, 3.8) is 0 Å². The van der Waals surface area contributed by atoms with Crippen LogP contribution in [0.1, 0.15) is 25.8 Å². The highest BCUT2D eigenvalue weighted by Crippen LogP contribution is 2.29. The summed E-state index contributed by atoms with van der Waals surface area (Å²) in [7, 11) is 0. The van der Waals surface area contributed by atoms with E-state index in [1.165, 1.54) is 0 Å². The van der Waals surface area contributed by atoms with Crippen LogP contribution in [0.5, 0.6) is 0 Å². The summed E-state index contributed by atoms with van der Waals surface area (Å²) in [5.41, 5.74) is 0.904. The lowest BCUT2D eigenvalue weighted by Gasteiger charge is -2.27. The van der Waals surface area contributed by atoms with Gasteiger partial charge in [0, 0.05) is 23.5 Å². The van der Waals surface area contributed by atoms with E-state index in [0.29, 0.717) is 6.54 Å². The Morgan fingerprint density at radius 1 is 1.47 bits per heavy atom. The summed E-state index contributed by atoms with van der Waals surface area (Å²) in [5.74, 6) is 0.257. The van der Waals surface area contributed by atoms with Gasteiger partial charge in [-0.1, -0.05) is 43.6 Å². The number of hydrogen-bond acceptors (Lipinski definition) is 2. The fraction of sp³-hybridized carbons (Fsp3) is 0.533. The molecule has 3 nitrogen and oxygen atoms in total. The highest BCUT2D eigenvalue weighted by molar-refractivity contribution is 6.31. The molecule has 0 aliphatic carbocycles. The molecule has 4 heteroatoms. The highest BCUT2D eigenvalue weighted by Gasteiger charge is 2.27. The molecule has 1 amide bonds. The zero-order valence-electron chi connectivity index (χ0n) is 11.5. The van der Waals surface area contributed by atoms with Gasteiger partial charge >= 0.3 is 0 Å². The lowest BCUT2D eigenvalue weighted by Crippen LogP contribution is -2.40. The second-order valence-corrected chi connectivity index (χ2v) is 6.18. The molecule has 0 spiro atoms. The summed E-state index contributed by atoms with van der Waals surface area (Å²) < 4.78 is 0. The minimum absolute atomic E-state index is 0.113. The molecule has 0 aromatic heterocycles. The minimum Gasteiger partial charge on any atom is -0.355 e. The van der Waals surface area contributed by atoms with Crippen molar-refractivity contribution >= 4 is 17.5 Å². The van der Waals surface area contributed by atoms with Crippen LogP contribution in [0.25, 0.3) is 0 Å². The van der Waals surface area contributed by atoms with E-state index in [9.17, 15) is 4.79 Å². The first-order chi connectivity index (χ1) is 9.00. The number of rotatable bonds is 4. The zero-order valence-corrected chi connectivity index (χ0v) is 12.3. The maximum absolute atomic E-state index is 12.0. The third-order valence-electron chi connectivity index (χ3n) is 3.74. The van der Waals surface area contributed by atoms with Gasteiger partial charge in [-0.25, -0.2) is 0 Å². The number of nitrogens with one attached hydrogen (secondary N) is 2. The van der Waals surface area contributed by atoms with Gasteiger partial charge in [-0.05, 0) is 24.6 Å². The van der Waals surface area contributed by atoms with Gasteiger partial charge in [0.25, 0.3) is 0 Å². The SMILES string of the molecule is CC(C)(CNC(=O)C1CCNC1)c1ccccc1Cl. The fourth-order valence-electron chi connectivity index (χ4n) is 2.44. The van der Waals surface area contributed by atoms with Crippen LogP contribution in [-0.4, -0.2) is 25.5 Å². The summed E-state index contributed by atoms with van der Waals surface area (Å²) in [6.45, 7) is 6.53. The van der Waals surface area contributed by atoms with Crippen molar-refractivity contribution in [1.82, 2.24) is 10.6 Å². The van der Waals surface area contributed by atoms with E-state index >= 15 is 0 Å². The number of carbonyl (C=O) groups excluding carboxylic acids is 1. The normalized spacial score (nSPS) is 19.4. The van der Waals surface area contributed by atoms with E-state index in [1.54, 1.807) is 0 Å². The van der Waals surface area contributed by atoms with Crippen molar-refractivity contribution < 1.29 is 4.79 Å². The molecule has 1 aromatic carbocycles. The molecule has 2 rings (SSSR count). The Balaban J connectivity index is 1.97. The first-order valence-corrected chi connectivity index (χ1v) is 7.12. The van der Waals surface area contributed by atoms with E-state index < -0.39 is 0 Å². The molecule has 0 saturated carbocycles. The minimum atomic E-state index is -0.167. The Labute approximate surface area is 119 Å². The van der Waals surface area contributed by atoms with Gasteiger partial charge in [0.1, 0.15) is 0 Å². The summed E-state index contributed by atoms with van der Waals surface area (Å²) in [6.07, 6.45) is 0.929. The number of amides is 1. The van der Waals surface area contributed by atoms with Crippen LogP contribution >= 0.6 is 11.6 Å².